The van der Waals surface area contributed by atoms with E-state index in [-0.39, 0.29) is 22.6 Å². The number of carbonyl (C=O) groups is 2. The normalized spacial score (nSPS) is 11.7. The standard InChI is InChI=1S/C18H14O7/c1-23-13-4-3-5-14(24-2)16(13)17(20)11-6-9-7-15(25-18(21)22)10(9)8-12(11)19/h3-8,19H,1-2H3,(H,21,22). The molecule has 7 heteroatoms. The highest BCUT2D eigenvalue weighted by Crippen LogP contribution is 2.40. The first-order chi connectivity index (χ1) is 12.0. The average molecular weight is 342 g/mol. The first-order valence-corrected chi connectivity index (χ1v) is 7.21. The molecular weight excluding hydrogens is 328 g/mol. The molecule has 7 nitrogen and oxygen atoms in total. The molecule has 0 radical (unpaired) electrons. The van der Waals surface area contributed by atoms with E-state index in [4.69, 9.17) is 14.6 Å². The summed E-state index contributed by atoms with van der Waals surface area (Å²) in [5.74, 6) is -0.0210. The Morgan fingerprint density at radius 1 is 1.04 bits per heavy atom. The highest BCUT2D eigenvalue weighted by molar-refractivity contribution is 6.15. The van der Waals surface area contributed by atoms with Gasteiger partial charge in [-0.15, -0.1) is 0 Å². The van der Waals surface area contributed by atoms with E-state index in [0.29, 0.717) is 22.6 Å². The molecule has 0 bridgehead atoms. The number of phenols is 1. The Labute approximate surface area is 142 Å². The number of benzene rings is 2. The van der Waals surface area contributed by atoms with Crippen LogP contribution in [0.2, 0.25) is 0 Å². The molecule has 128 valence electrons. The van der Waals surface area contributed by atoms with E-state index < -0.39 is 11.9 Å². The number of methoxy groups -OCH3 is 2. The SMILES string of the molecule is COc1cccc(OC)c1C(=O)c1cc2c(cc1O)C(OC(=O)O)=C2. The quantitative estimate of drug-likeness (QED) is 0.635. The van der Waals surface area contributed by atoms with E-state index in [1.54, 1.807) is 18.2 Å². The molecule has 2 N–H and O–H groups in total. The Morgan fingerprint density at radius 3 is 2.24 bits per heavy atom. The zero-order valence-corrected chi connectivity index (χ0v) is 13.4. The highest BCUT2D eigenvalue weighted by Gasteiger charge is 2.27. The summed E-state index contributed by atoms with van der Waals surface area (Å²) >= 11 is 0. The minimum Gasteiger partial charge on any atom is -0.507 e. The van der Waals surface area contributed by atoms with Crippen LogP contribution in [0.4, 0.5) is 4.79 Å². The Hall–Kier alpha value is -3.48. The minimum atomic E-state index is -1.45. The van der Waals surface area contributed by atoms with Gasteiger partial charge in [0.1, 0.15) is 28.6 Å². The smallest absolute Gasteiger partial charge is 0.507 e. The molecule has 0 amide bonds. The summed E-state index contributed by atoms with van der Waals surface area (Å²) in [6, 6.07) is 7.68. The summed E-state index contributed by atoms with van der Waals surface area (Å²) in [4.78, 5) is 23.5. The average Bonchev–Trinajstić information content (AvgIpc) is 2.59. The fourth-order valence-corrected chi connectivity index (χ4v) is 2.65. The summed E-state index contributed by atoms with van der Waals surface area (Å²) in [5, 5.41) is 18.9. The van der Waals surface area contributed by atoms with E-state index >= 15 is 0 Å². The van der Waals surface area contributed by atoms with Crippen LogP contribution in [0, 0.1) is 0 Å². The van der Waals surface area contributed by atoms with Gasteiger partial charge in [0.05, 0.1) is 19.8 Å². The number of rotatable bonds is 5. The lowest BCUT2D eigenvalue weighted by molar-refractivity contribution is 0.102. The molecule has 0 aliphatic heterocycles. The molecule has 3 rings (SSSR count). The summed E-state index contributed by atoms with van der Waals surface area (Å²) in [7, 11) is 2.86. The van der Waals surface area contributed by atoms with Crippen molar-refractivity contribution in [2.24, 2.45) is 0 Å². The van der Waals surface area contributed by atoms with E-state index in [0.717, 1.165) is 0 Å². The molecule has 2 aromatic carbocycles. The van der Waals surface area contributed by atoms with Crippen LogP contribution in [0.1, 0.15) is 27.0 Å². The third kappa shape index (κ3) is 2.76. The highest BCUT2D eigenvalue weighted by atomic mass is 16.7. The number of carboxylic acid groups (broad SMARTS) is 1. The van der Waals surface area contributed by atoms with Crippen LogP contribution in [0.15, 0.2) is 30.3 Å². The van der Waals surface area contributed by atoms with Gasteiger partial charge in [0.25, 0.3) is 0 Å². The number of fused-ring (bicyclic) bond motifs is 1. The van der Waals surface area contributed by atoms with E-state index in [9.17, 15) is 14.7 Å². The Kier molecular flexibility index (Phi) is 4.06. The summed E-state index contributed by atoms with van der Waals surface area (Å²) in [5.41, 5.74) is 1.25. The van der Waals surface area contributed by atoms with Gasteiger partial charge in [-0.1, -0.05) is 6.07 Å². The van der Waals surface area contributed by atoms with Gasteiger partial charge in [0.15, 0.2) is 0 Å². The molecule has 0 saturated heterocycles. The molecule has 0 aromatic heterocycles. The van der Waals surface area contributed by atoms with Crippen LogP contribution in [-0.4, -0.2) is 36.4 Å². The summed E-state index contributed by atoms with van der Waals surface area (Å²) in [6.07, 6.45) is 0.0226. The predicted octanol–water partition coefficient (Wildman–Crippen LogP) is 3.15. The van der Waals surface area contributed by atoms with Crippen molar-refractivity contribution >= 4 is 23.8 Å². The van der Waals surface area contributed by atoms with Crippen LogP contribution in [0.25, 0.3) is 11.8 Å². The van der Waals surface area contributed by atoms with E-state index in [1.165, 1.54) is 32.4 Å². The maximum atomic E-state index is 12.9. The van der Waals surface area contributed by atoms with Gasteiger partial charge in [-0.2, -0.15) is 0 Å². The molecule has 0 fully saturated rings. The Morgan fingerprint density at radius 2 is 1.68 bits per heavy atom. The number of phenolic OH excluding ortho intramolecular Hbond substituents is 1. The topological polar surface area (TPSA) is 102 Å². The van der Waals surface area contributed by atoms with Crippen molar-refractivity contribution in [2.45, 2.75) is 0 Å². The number of ether oxygens (including phenoxy) is 3. The number of hydrogen-bond donors (Lipinski definition) is 2. The summed E-state index contributed by atoms with van der Waals surface area (Å²) in [6.45, 7) is 0. The van der Waals surface area contributed by atoms with Gasteiger partial charge in [-0.3, -0.25) is 4.79 Å². The largest absolute Gasteiger partial charge is 0.511 e. The third-order valence-electron chi connectivity index (χ3n) is 3.82. The maximum Gasteiger partial charge on any atom is 0.511 e. The third-order valence-corrected chi connectivity index (χ3v) is 3.82. The van der Waals surface area contributed by atoms with Crippen molar-refractivity contribution in [3.63, 3.8) is 0 Å². The zero-order chi connectivity index (χ0) is 18.1. The van der Waals surface area contributed by atoms with Crippen LogP contribution < -0.4 is 9.47 Å². The minimum absolute atomic E-state index is 0.0483. The molecule has 0 heterocycles. The molecule has 0 unspecified atom stereocenters. The lowest BCUT2D eigenvalue weighted by atomic mass is 9.90. The Bertz CT molecular complexity index is 890. The van der Waals surface area contributed by atoms with Crippen molar-refractivity contribution in [3.8, 4) is 17.2 Å². The van der Waals surface area contributed by atoms with Crippen molar-refractivity contribution in [1.29, 1.82) is 0 Å². The van der Waals surface area contributed by atoms with Gasteiger partial charge in [0.2, 0.25) is 5.78 Å². The van der Waals surface area contributed by atoms with Gasteiger partial charge in [-0.25, -0.2) is 4.79 Å². The molecule has 1 aliphatic rings. The van der Waals surface area contributed by atoms with Crippen LogP contribution in [0.3, 0.4) is 0 Å². The number of carbonyl (C=O) groups excluding carboxylic acids is 1. The van der Waals surface area contributed by atoms with Crippen LogP contribution >= 0.6 is 0 Å². The first kappa shape index (κ1) is 16.4. The monoisotopic (exact) mass is 342 g/mol. The maximum absolute atomic E-state index is 12.9. The predicted molar refractivity (Wildman–Crippen MR) is 88.1 cm³/mol. The first-order valence-electron chi connectivity index (χ1n) is 7.21. The molecule has 2 aromatic rings. The van der Waals surface area contributed by atoms with Gasteiger partial charge in [0, 0.05) is 5.56 Å². The second kappa shape index (κ2) is 6.20. The number of hydrogen-bond acceptors (Lipinski definition) is 6. The molecule has 0 atom stereocenters. The number of ketones is 1. The van der Waals surface area contributed by atoms with Crippen molar-refractivity contribution in [2.75, 3.05) is 14.2 Å². The van der Waals surface area contributed by atoms with Gasteiger partial charge in [-0.05, 0) is 35.9 Å². The van der Waals surface area contributed by atoms with E-state index in [1.807, 2.05) is 0 Å². The molecule has 25 heavy (non-hydrogen) atoms. The molecular formula is C18H14O7. The van der Waals surface area contributed by atoms with Gasteiger partial charge < -0.3 is 24.4 Å². The molecule has 0 spiro atoms. The Balaban J connectivity index is 2.03. The van der Waals surface area contributed by atoms with Crippen molar-refractivity contribution in [3.05, 3.63) is 52.6 Å². The number of aromatic hydroxyl groups is 1. The fourth-order valence-electron chi connectivity index (χ4n) is 2.65. The second-order valence-electron chi connectivity index (χ2n) is 5.20. The van der Waals surface area contributed by atoms with Crippen molar-refractivity contribution in [1.82, 2.24) is 0 Å². The second-order valence-corrected chi connectivity index (χ2v) is 5.20. The van der Waals surface area contributed by atoms with Crippen LogP contribution in [0.5, 0.6) is 17.2 Å². The zero-order valence-electron chi connectivity index (χ0n) is 13.4. The molecule has 0 saturated carbocycles. The van der Waals surface area contributed by atoms with Gasteiger partial charge >= 0.3 is 6.16 Å². The summed E-state index contributed by atoms with van der Waals surface area (Å²) < 4.78 is 15.0. The van der Waals surface area contributed by atoms with E-state index in [2.05, 4.69) is 4.74 Å². The fraction of sp³-hybridized carbons (Fsp3) is 0.111. The van der Waals surface area contributed by atoms with Crippen molar-refractivity contribution < 1.29 is 34.0 Å². The lowest BCUT2D eigenvalue weighted by Gasteiger charge is -2.20. The molecule has 1 aliphatic carbocycles. The lowest BCUT2D eigenvalue weighted by Crippen LogP contribution is -2.11. The van der Waals surface area contributed by atoms with Crippen LogP contribution in [-0.2, 0) is 4.74 Å².